The first-order chi connectivity index (χ1) is 10.3. The van der Waals surface area contributed by atoms with E-state index in [0.29, 0.717) is 12.4 Å². The van der Waals surface area contributed by atoms with Gasteiger partial charge in [-0.15, -0.1) is 0 Å². The van der Waals surface area contributed by atoms with Crippen LogP contribution < -0.4 is 10.1 Å². The average molecular weight is 284 g/mol. The maximum absolute atomic E-state index is 5.63. The molecule has 3 aromatic rings. The van der Waals surface area contributed by atoms with E-state index < -0.39 is 0 Å². The third-order valence-corrected chi connectivity index (χ3v) is 3.14. The van der Waals surface area contributed by atoms with E-state index in [-0.39, 0.29) is 0 Å². The maximum Gasteiger partial charge on any atom is 0.237 e. The molecule has 0 aliphatic heterocycles. The number of hydrogen-bond donors (Lipinski definition) is 2. The Morgan fingerprint density at radius 3 is 3.00 bits per heavy atom. The summed E-state index contributed by atoms with van der Waals surface area (Å²) in [5.41, 5.74) is 2.72. The molecule has 6 nitrogen and oxygen atoms in total. The Labute approximate surface area is 122 Å². The lowest BCUT2D eigenvalue weighted by Crippen LogP contribution is -2.02. The van der Waals surface area contributed by atoms with Crippen molar-refractivity contribution >= 4 is 5.69 Å². The molecule has 0 saturated heterocycles. The summed E-state index contributed by atoms with van der Waals surface area (Å²) in [6.45, 7) is 2.51. The fourth-order valence-electron chi connectivity index (χ4n) is 2.11. The predicted octanol–water partition coefficient (Wildman–Crippen LogP) is 2.99. The van der Waals surface area contributed by atoms with Crippen LogP contribution >= 0.6 is 0 Å². The van der Waals surface area contributed by atoms with Gasteiger partial charge in [-0.1, -0.05) is 0 Å². The number of anilines is 1. The van der Waals surface area contributed by atoms with Gasteiger partial charge in [0.05, 0.1) is 19.0 Å². The number of aromatic amines is 1. The van der Waals surface area contributed by atoms with Crippen molar-refractivity contribution in [2.45, 2.75) is 13.5 Å². The summed E-state index contributed by atoms with van der Waals surface area (Å²) < 4.78 is 10.8. The van der Waals surface area contributed by atoms with Gasteiger partial charge >= 0.3 is 0 Å². The minimum absolute atomic E-state index is 0.566. The van der Waals surface area contributed by atoms with E-state index >= 15 is 0 Å². The van der Waals surface area contributed by atoms with Crippen molar-refractivity contribution in [1.82, 2.24) is 15.2 Å². The van der Waals surface area contributed by atoms with Gasteiger partial charge in [0.25, 0.3) is 0 Å². The van der Waals surface area contributed by atoms with Gasteiger partial charge in [0.1, 0.15) is 11.5 Å². The van der Waals surface area contributed by atoms with Crippen molar-refractivity contribution in [3.05, 3.63) is 48.0 Å². The van der Waals surface area contributed by atoms with Gasteiger partial charge in [-0.2, -0.15) is 5.10 Å². The van der Waals surface area contributed by atoms with E-state index in [2.05, 4.69) is 20.5 Å². The van der Waals surface area contributed by atoms with E-state index in [1.807, 2.05) is 31.2 Å². The first-order valence-corrected chi connectivity index (χ1v) is 6.60. The van der Waals surface area contributed by atoms with Crippen LogP contribution in [0.25, 0.3) is 11.5 Å². The van der Waals surface area contributed by atoms with E-state index in [9.17, 15) is 0 Å². The third kappa shape index (κ3) is 2.74. The minimum Gasteiger partial charge on any atom is -0.480 e. The largest absolute Gasteiger partial charge is 0.480 e. The number of methoxy groups -OCH3 is 1. The molecule has 0 aliphatic carbocycles. The quantitative estimate of drug-likeness (QED) is 0.753. The highest BCUT2D eigenvalue weighted by Gasteiger charge is 2.12. The van der Waals surface area contributed by atoms with Crippen molar-refractivity contribution in [3.63, 3.8) is 0 Å². The van der Waals surface area contributed by atoms with Crippen LogP contribution in [0.2, 0.25) is 0 Å². The Morgan fingerprint density at radius 2 is 2.24 bits per heavy atom. The summed E-state index contributed by atoms with van der Waals surface area (Å²) >= 11 is 0. The summed E-state index contributed by atoms with van der Waals surface area (Å²) in [7, 11) is 1.60. The van der Waals surface area contributed by atoms with Crippen LogP contribution in [0.3, 0.4) is 0 Å². The highest BCUT2D eigenvalue weighted by Crippen LogP contribution is 2.25. The zero-order valence-corrected chi connectivity index (χ0v) is 11.9. The Balaban J connectivity index is 1.79. The van der Waals surface area contributed by atoms with Crippen LogP contribution in [0, 0.1) is 6.92 Å². The molecule has 108 valence electrons. The average Bonchev–Trinajstić information content (AvgIpc) is 3.13. The number of rotatable bonds is 5. The number of aromatic nitrogens is 3. The van der Waals surface area contributed by atoms with Gasteiger partial charge in [-0.05, 0) is 31.2 Å². The predicted molar refractivity (Wildman–Crippen MR) is 79.1 cm³/mol. The molecular weight excluding hydrogens is 268 g/mol. The number of nitrogens with zero attached hydrogens (tertiary/aromatic N) is 2. The second-order valence-corrected chi connectivity index (χ2v) is 4.59. The zero-order chi connectivity index (χ0) is 14.7. The van der Waals surface area contributed by atoms with E-state index in [1.54, 1.807) is 19.5 Å². The molecule has 6 heteroatoms. The Kier molecular flexibility index (Phi) is 3.59. The lowest BCUT2D eigenvalue weighted by Gasteiger charge is -2.09. The van der Waals surface area contributed by atoms with Crippen molar-refractivity contribution in [2.75, 3.05) is 12.4 Å². The lowest BCUT2D eigenvalue weighted by molar-refractivity contribution is 0.399. The van der Waals surface area contributed by atoms with Crippen LogP contribution in [-0.2, 0) is 6.54 Å². The molecule has 0 fully saturated rings. The maximum atomic E-state index is 5.63. The zero-order valence-electron chi connectivity index (χ0n) is 11.9. The molecule has 0 amide bonds. The standard InChI is InChI=1S/C15H16N4O2/c1-10-5-6-13(21-10)14-11(9-18-19-14)8-17-12-4-3-7-16-15(12)20-2/h3-7,9,17H,8H2,1-2H3,(H,18,19). The number of aryl methyl sites for hydroxylation is 1. The van der Waals surface area contributed by atoms with Crippen LogP contribution in [0.1, 0.15) is 11.3 Å². The second kappa shape index (κ2) is 5.70. The monoisotopic (exact) mass is 284 g/mol. The van der Waals surface area contributed by atoms with Crippen molar-refractivity contribution in [1.29, 1.82) is 0 Å². The highest BCUT2D eigenvalue weighted by molar-refractivity contribution is 5.59. The summed E-state index contributed by atoms with van der Waals surface area (Å²) in [4.78, 5) is 4.15. The van der Waals surface area contributed by atoms with E-state index in [1.165, 1.54) is 0 Å². The highest BCUT2D eigenvalue weighted by atomic mass is 16.5. The first kappa shape index (κ1) is 13.2. The molecule has 3 heterocycles. The number of ether oxygens (including phenoxy) is 1. The van der Waals surface area contributed by atoms with Gasteiger partial charge in [0.2, 0.25) is 5.88 Å². The van der Waals surface area contributed by atoms with Crippen LogP contribution in [0.5, 0.6) is 5.88 Å². The van der Waals surface area contributed by atoms with Crippen molar-refractivity contribution < 1.29 is 9.15 Å². The number of nitrogens with one attached hydrogen (secondary N) is 2. The summed E-state index contributed by atoms with van der Waals surface area (Å²) in [5, 5.41) is 10.4. The van der Waals surface area contributed by atoms with Gasteiger partial charge in [-0.3, -0.25) is 5.10 Å². The third-order valence-electron chi connectivity index (χ3n) is 3.14. The molecule has 0 unspecified atom stereocenters. The molecule has 0 saturated carbocycles. The first-order valence-electron chi connectivity index (χ1n) is 6.60. The van der Waals surface area contributed by atoms with Crippen molar-refractivity contribution in [2.24, 2.45) is 0 Å². The van der Waals surface area contributed by atoms with Crippen LogP contribution in [0.15, 0.2) is 41.1 Å². The second-order valence-electron chi connectivity index (χ2n) is 4.59. The molecular formula is C15H16N4O2. The molecule has 0 aromatic carbocycles. The Bertz CT molecular complexity index is 733. The smallest absolute Gasteiger partial charge is 0.237 e. The number of hydrogen-bond acceptors (Lipinski definition) is 5. The van der Waals surface area contributed by atoms with Gasteiger partial charge in [0.15, 0.2) is 5.76 Å². The molecule has 3 rings (SSSR count). The number of pyridine rings is 1. The topological polar surface area (TPSA) is 76.0 Å². The van der Waals surface area contributed by atoms with E-state index in [0.717, 1.165) is 28.5 Å². The number of H-pyrrole nitrogens is 1. The molecule has 0 radical (unpaired) electrons. The fourth-order valence-corrected chi connectivity index (χ4v) is 2.11. The van der Waals surface area contributed by atoms with E-state index in [4.69, 9.17) is 9.15 Å². The molecule has 0 aliphatic rings. The van der Waals surface area contributed by atoms with Gasteiger partial charge < -0.3 is 14.5 Å². The molecule has 0 spiro atoms. The minimum atomic E-state index is 0.566. The SMILES string of the molecule is COc1ncccc1NCc1cn[nH]c1-c1ccc(C)o1. The summed E-state index contributed by atoms with van der Waals surface area (Å²) in [6.07, 6.45) is 3.47. The summed E-state index contributed by atoms with van der Waals surface area (Å²) in [6, 6.07) is 7.63. The lowest BCUT2D eigenvalue weighted by atomic mass is 10.2. The fraction of sp³-hybridized carbons (Fsp3) is 0.200. The molecule has 21 heavy (non-hydrogen) atoms. The molecule has 2 N–H and O–H groups in total. The number of furan rings is 1. The molecule has 3 aromatic heterocycles. The Hall–Kier alpha value is -2.76. The van der Waals surface area contributed by atoms with Crippen molar-refractivity contribution in [3.8, 4) is 17.3 Å². The Morgan fingerprint density at radius 1 is 1.33 bits per heavy atom. The van der Waals surface area contributed by atoms with Crippen LogP contribution in [-0.4, -0.2) is 22.3 Å². The van der Waals surface area contributed by atoms with Gasteiger partial charge in [-0.25, -0.2) is 4.98 Å². The normalized spacial score (nSPS) is 10.6. The molecule has 0 atom stereocenters. The van der Waals surface area contributed by atoms with Gasteiger partial charge in [0, 0.05) is 18.3 Å². The summed E-state index contributed by atoms with van der Waals surface area (Å²) in [5.74, 6) is 2.21. The van der Waals surface area contributed by atoms with Crippen LogP contribution in [0.4, 0.5) is 5.69 Å². The molecule has 0 bridgehead atoms.